The highest BCUT2D eigenvalue weighted by Gasteiger charge is 2.30. The van der Waals surface area contributed by atoms with Crippen molar-refractivity contribution in [1.82, 2.24) is 0 Å². The molecule has 2 aromatic rings. The molecule has 2 heterocycles. The molecular formula is C17H19BrO2. The van der Waals surface area contributed by atoms with E-state index >= 15 is 0 Å². The number of hydrogen-bond donors (Lipinski definition) is 0. The number of ether oxygens (including phenoxy) is 1. The van der Waals surface area contributed by atoms with Crippen LogP contribution in [0, 0.1) is 13.8 Å². The summed E-state index contributed by atoms with van der Waals surface area (Å²) in [5, 5.41) is 0. The van der Waals surface area contributed by atoms with Gasteiger partial charge in [-0.2, -0.15) is 0 Å². The van der Waals surface area contributed by atoms with E-state index in [0.29, 0.717) is 0 Å². The van der Waals surface area contributed by atoms with Gasteiger partial charge in [-0.1, -0.05) is 28.1 Å². The Hall–Kier alpha value is -1.22. The Labute approximate surface area is 128 Å². The van der Waals surface area contributed by atoms with Gasteiger partial charge in [-0.3, -0.25) is 0 Å². The van der Waals surface area contributed by atoms with Crippen LogP contribution in [-0.2, 0) is 6.42 Å². The fourth-order valence-electron chi connectivity index (χ4n) is 2.87. The van der Waals surface area contributed by atoms with E-state index in [1.165, 1.54) is 16.7 Å². The molecule has 0 bridgehead atoms. The predicted octanol–water partition coefficient (Wildman–Crippen LogP) is 5.09. The summed E-state index contributed by atoms with van der Waals surface area (Å²) in [5.41, 5.74) is 3.63. The van der Waals surface area contributed by atoms with Crippen molar-refractivity contribution in [1.29, 1.82) is 0 Å². The molecule has 0 saturated heterocycles. The zero-order chi connectivity index (χ0) is 14.5. The molecule has 0 spiro atoms. The van der Waals surface area contributed by atoms with Gasteiger partial charge in [-0.25, -0.2) is 0 Å². The molecular weight excluding hydrogens is 316 g/mol. The number of benzene rings is 1. The van der Waals surface area contributed by atoms with E-state index in [1.807, 2.05) is 13.8 Å². The van der Waals surface area contributed by atoms with E-state index in [0.717, 1.165) is 23.7 Å². The van der Waals surface area contributed by atoms with Crippen molar-refractivity contribution < 1.29 is 9.15 Å². The summed E-state index contributed by atoms with van der Waals surface area (Å²) in [4.78, 5) is 0.161. The summed E-state index contributed by atoms with van der Waals surface area (Å²) in [6, 6.07) is 8.55. The van der Waals surface area contributed by atoms with Crippen molar-refractivity contribution in [2.24, 2.45) is 0 Å². The first-order chi connectivity index (χ1) is 9.35. The highest BCUT2D eigenvalue weighted by Crippen LogP contribution is 2.40. The summed E-state index contributed by atoms with van der Waals surface area (Å²) >= 11 is 3.79. The summed E-state index contributed by atoms with van der Waals surface area (Å²) < 4.78 is 11.6. The standard InChI is InChI=1S/C17H19BrO2/c1-10-7-14(11(2)19-10)16(18)12-5-6-15-13(8-12)9-17(3,4)20-15/h5-8,16H,9H2,1-4H3. The Morgan fingerprint density at radius 2 is 1.95 bits per heavy atom. The van der Waals surface area contributed by atoms with Crippen molar-refractivity contribution in [2.75, 3.05) is 0 Å². The van der Waals surface area contributed by atoms with Crippen molar-refractivity contribution >= 4 is 15.9 Å². The fourth-order valence-corrected chi connectivity index (χ4v) is 3.61. The molecule has 1 atom stereocenters. The molecule has 1 aromatic carbocycles. The lowest BCUT2D eigenvalue weighted by atomic mass is 9.98. The molecule has 3 rings (SSSR count). The van der Waals surface area contributed by atoms with Gasteiger partial charge < -0.3 is 9.15 Å². The van der Waals surface area contributed by atoms with Crippen LogP contribution in [0.3, 0.4) is 0 Å². The van der Waals surface area contributed by atoms with Crippen molar-refractivity contribution in [2.45, 2.75) is 44.5 Å². The summed E-state index contributed by atoms with van der Waals surface area (Å²) in [6.45, 7) is 8.25. The van der Waals surface area contributed by atoms with Gasteiger partial charge in [0.1, 0.15) is 22.9 Å². The van der Waals surface area contributed by atoms with E-state index in [-0.39, 0.29) is 10.4 Å². The van der Waals surface area contributed by atoms with Crippen LogP contribution in [0.4, 0.5) is 0 Å². The van der Waals surface area contributed by atoms with E-state index in [2.05, 4.69) is 54.0 Å². The Kier molecular flexibility index (Phi) is 3.20. The Morgan fingerprint density at radius 1 is 1.20 bits per heavy atom. The highest BCUT2D eigenvalue weighted by molar-refractivity contribution is 9.09. The number of halogens is 1. The van der Waals surface area contributed by atoms with Crippen LogP contribution in [-0.4, -0.2) is 5.60 Å². The SMILES string of the molecule is Cc1cc(C(Br)c2ccc3c(c2)CC(C)(C)O3)c(C)o1. The molecule has 0 fully saturated rings. The van der Waals surface area contributed by atoms with E-state index in [1.54, 1.807) is 0 Å². The van der Waals surface area contributed by atoms with Gasteiger partial charge in [0.15, 0.2) is 0 Å². The second-order valence-corrected chi connectivity index (χ2v) is 7.05. The van der Waals surface area contributed by atoms with Gasteiger partial charge in [-0.15, -0.1) is 0 Å². The maximum absolute atomic E-state index is 5.93. The number of aryl methyl sites for hydroxylation is 2. The first-order valence-electron chi connectivity index (χ1n) is 6.88. The molecule has 2 nitrogen and oxygen atoms in total. The lowest BCUT2D eigenvalue weighted by Gasteiger charge is -2.16. The van der Waals surface area contributed by atoms with Crippen LogP contribution in [0.1, 0.15) is 46.9 Å². The fraction of sp³-hybridized carbons (Fsp3) is 0.412. The molecule has 1 aromatic heterocycles. The van der Waals surface area contributed by atoms with E-state index < -0.39 is 0 Å². The Balaban J connectivity index is 1.95. The minimum atomic E-state index is -0.0923. The average Bonchev–Trinajstić information content (AvgIpc) is 2.84. The van der Waals surface area contributed by atoms with Crippen LogP contribution in [0.2, 0.25) is 0 Å². The second kappa shape index (κ2) is 4.66. The number of fused-ring (bicyclic) bond motifs is 1. The lowest BCUT2D eigenvalue weighted by Crippen LogP contribution is -2.24. The van der Waals surface area contributed by atoms with Crippen LogP contribution in [0.5, 0.6) is 5.75 Å². The Bertz CT molecular complexity index is 655. The molecule has 0 amide bonds. The van der Waals surface area contributed by atoms with E-state index in [4.69, 9.17) is 9.15 Å². The zero-order valence-electron chi connectivity index (χ0n) is 12.3. The molecule has 0 saturated carbocycles. The minimum Gasteiger partial charge on any atom is -0.487 e. The average molecular weight is 335 g/mol. The molecule has 106 valence electrons. The van der Waals surface area contributed by atoms with Gasteiger partial charge in [-0.05, 0) is 51.0 Å². The number of hydrogen-bond acceptors (Lipinski definition) is 2. The number of alkyl halides is 1. The zero-order valence-corrected chi connectivity index (χ0v) is 13.9. The van der Waals surface area contributed by atoms with Gasteiger partial charge in [0.2, 0.25) is 0 Å². The topological polar surface area (TPSA) is 22.4 Å². The van der Waals surface area contributed by atoms with Crippen LogP contribution < -0.4 is 4.74 Å². The third-order valence-electron chi connectivity index (χ3n) is 3.73. The van der Waals surface area contributed by atoms with Gasteiger partial charge >= 0.3 is 0 Å². The third kappa shape index (κ3) is 2.39. The maximum Gasteiger partial charge on any atom is 0.123 e. The first-order valence-corrected chi connectivity index (χ1v) is 7.80. The van der Waals surface area contributed by atoms with Gasteiger partial charge in [0, 0.05) is 12.0 Å². The van der Waals surface area contributed by atoms with Crippen LogP contribution >= 0.6 is 15.9 Å². The van der Waals surface area contributed by atoms with Crippen molar-refractivity contribution in [3.8, 4) is 5.75 Å². The third-order valence-corrected chi connectivity index (χ3v) is 4.75. The van der Waals surface area contributed by atoms with Crippen molar-refractivity contribution in [3.05, 3.63) is 52.5 Å². The van der Waals surface area contributed by atoms with Crippen LogP contribution in [0.15, 0.2) is 28.7 Å². The summed E-state index contributed by atoms with van der Waals surface area (Å²) in [7, 11) is 0. The molecule has 1 aliphatic rings. The number of rotatable bonds is 2. The molecule has 0 radical (unpaired) electrons. The first kappa shape index (κ1) is 13.7. The Morgan fingerprint density at radius 3 is 2.60 bits per heavy atom. The van der Waals surface area contributed by atoms with Gasteiger partial charge in [0.05, 0.1) is 4.83 Å². The van der Waals surface area contributed by atoms with Gasteiger partial charge in [0.25, 0.3) is 0 Å². The molecule has 1 aliphatic heterocycles. The molecule has 0 aliphatic carbocycles. The summed E-state index contributed by atoms with van der Waals surface area (Å²) in [5.74, 6) is 2.94. The molecule has 20 heavy (non-hydrogen) atoms. The molecule has 1 unspecified atom stereocenters. The molecule has 0 N–H and O–H groups in total. The largest absolute Gasteiger partial charge is 0.487 e. The quantitative estimate of drug-likeness (QED) is 0.713. The number of furan rings is 1. The smallest absolute Gasteiger partial charge is 0.123 e. The van der Waals surface area contributed by atoms with E-state index in [9.17, 15) is 0 Å². The monoisotopic (exact) mass is 334 g/mol. The molecule has 3 heteroatoms. The minimum absolute atomic E-state index is 0.0923. The van der Waals surface area contributed by atoms with Crippen LogP contribution in [0.25, 0.3) is 0 Å². The summed E-state index contributed by atoms with van der Waals surface area (Å²) in [6.07, 6.45) is 0.958. The maximum atomic E-state index is 5.93. The second-order valence-electron chi connectivity index (χ2n) is 6.14. The normalized spacial score (nSPS) is 17.6. The predicted molar refractivity (Wildman–Crippen MR) is 83.8 cm³/mol. The lowest BCUT2D eigenvalue weighted by molar-refractivity contribution is 0.138. The highest BCUT2D eigenvalue weighted by atomic mass is 79.9. The van der Waals surface area contributed by atoms with Crippen molar-refractivity contribution in [3.63, 3.8) is 0 Å².